The monoisotopic (exact) mass is 909 g/mol. The van der Waals surface area contributed by atoms with Crippen LogP contribution in [-0.4, -0.2) is 37.2 Å². The van der Waals surface area contributed by atoms with E-state index >= 15 is 0 Å². The molecule has 0 radical (unpaired) electrons. The topological polar surface area (TPSA) is 78.9 Å². The van der Waals surface area contributed by atoms with E-state index in [4.69, 9.17) is 14.2 Å². The Kier molecular flexibility index (Phi) is 51.3. The lowest BCUT2D eigenvalue weighted by Gasteiger charge is -2.18. The molecule has 6 nitrogen and oxygen atoms in total. The van der Waals surface area contributed by atoms with E-state index < -0.39 is 6.10 Å². The summed E-state index contributed by atoms with van der Waals surface area (Å²) in [5.74, 6) is -0.970. The third kappa shape index (κ3) is 51.9. The van der Waals surface area contributed by atoms with Gasteiger partial charge in [0.25, 0.3) is 0 Å². The van der Waals surface area contributed by atoms with Crippen LogP contribution in [-0.2, 0) is 28.6 Å². The fraction of sp³-hybridized carbons (Fsp3) is 0.780. The normalized spacial score (nSPS) is 12.5. The van der Waals surface area contributed by atoms with Crippen molar-refractivity contribution in [2.75, 3.05) is 13.2 Å². The largest absolute Gasteiger partial charge is 0.462 e. The maximum Gasteiger partial charge on any atom is 0.306 e. The first-order valence-corrected chi connectivity index (χ1v) is 27.8. The lowest BCUT2D eigenvalue weighted by Crippen LogP contribution is -2.30. The van der Waals surface area contributed by atoms with E-state index in [1.54, 1.807) is 0 Å². The van der Waals surface area contributed by atoms with Crippen LogP contribution in [0.1, 0.15) is 278 Å². The molecule has 0 bridgehead atoms. The molecule has 376 valence electrons. The van der Waals surface area contributed by atoms with E-state index in [1.807, 2.05) is 0 Å². The summed E-state index contributed by atoms with van der Waals surface area (Å²) in [4.78, 5) is 38.0. The summed E-state index contributed by atoms with van der Waals surface area (Å²) in [6.07, 6.45) is 66.4. The van der Waals surface area contributed by atoms with E-state index in [2.05, 4.69) is 81.5 Å². The number of carbonyl (C=O) groups is 3. The number of rotatable bonds is 50. The van der Waals surface area contributed by atoms with Crippen molar-refractivity contribution in [3.8, 4) is 0 Å². The van der Waals surface area contributed by atoms with Gasteiger partial charge in [-0.05, 0) is 103 Å². The van der Waals surface area contributed by atoms with Gasteiger partial charge in [-0.25, -0.2) is 0 Å². The summed E-state index contributed by atoms with van der Waals surface area (Å²) in [5, 5.41) is 0. The van der Waals surface area contributed by atoms with E-state index in [1.165, 1.54) is 148 Å². The van der Waals surface area contributed by atoms with Gasteiger partial charge < -0.3 is 14.2 Å². The van der Waals surface area contributed by atoms with Crippen molar-refractivity contribution in [2.45, 2.75) is 284 Å². The first-order valence-electron chi connectivity index (χ1n) is 27.8. The predicted molar refractivity (Wildman–Crippen MR) is 279 cm³/mol. The van der Waals surface area contributed by atoms with Crippen molar-refractivity contribution in [1.29, 1.82) is 0 Å². The van der Waals surface area contributed by atoms with Crippen LogP contribution >= 0.6 is 0 Å². The summed E-state index contributed by atoms with van der Waals surface area (Å²) in [7, 11) is 0. The highest BCUT2D eigenvalue weighted by Gasteiger charge is 2.19. The van der Waals surface area contributed by atoms with Gasteiger partial charge in [-0.3, -0.25) is 14.4 Å². The minimum atomic E-state index is -0.804. The van der Waals surface area contributed by atoms with Gasteiger partial charge in [0, 0.05) is 19.3 Å². The highest BCUT2D eigenvalue weighted by atomic mass is 16.6. The smallest absolute Gasteiger partial charge is 0.306 e. The first-order chi connectivity index (χ1) is 32.0. The molecule has 0 heterocycles. The molecule has 0 aromatic carbocycles. The Balaban J connectivity index is 4.48. The quantitative estimate of drug-likeness (QED) is 0.0262. The van der Waals surface area contributed by atoms with Crippen molar-refractivity contribution in [3.63, 3.8) is 0 Å². The molecule has 0 aromatic heterocycles. The molecule has 0 saturated carbocycles. The Labute approximate surface area is 402 Å². The summed E-state index contributed by atoms with van der Waals surface area (Å²) in [6.45, 7) is 6.58. The molecule has 0 aliphatic rings. The summed E-state index contributed by atoms with van der Waals surface area (Å²) in [5.41, 5.74) is 0. The molecule has 0 saturated heterocycles. The molecule has 0 fully saturated rings. The number of allylic oxidation sites excluding steroid dienone is 10. The van der Waals surface area contributed by atoms with Crippen LogP contribution in [0.25, 0.3) is 0 Å². The molecule has 0 spiro atoms. The van der Waals surface area contributed by atoms with Crippen LogP contribution in [0.5, 0.6) is 0 Å². The van der Waals surface area contributed by atoms with Gasteiger partial charge in [-0.1, -0.05) is 216 Å². The predicted octanol–water partition coefficient (Wildman–Crippen LogP) is 18.4. The Morgan fingerprint density at radius 1 is 0.308 bits per heavy atom. The maximum absolute atomic E-state index is 12.8. The van der Waals surface area contributed by atoms with Gasteiger partial charge >= 0.3 is 17.9 Å². The van der Waals surface area contributed by atoms with Gasteiger partial charge in [0.2, 0.25) is 0 Å². The van der Waals surface area contributed by atoms with Crippen LogP contribution in [0.4, 0.5) is 0 Å². The van der Waals surface area contributed by atoms with E-state index in [-0.39, 0.29) is 37.5 Å². The highest BCUT2D eigenvalue weighted by molar-refractivity contribution is 5.71. The SMILES string of the molecule is CCCCCCCC/C=C\C/C=C\C/C=C\CCCC(=O)OCC(COC(=O)CCCCC/C=C\CCCCCCCCC)OC(=O)CCCCCCC/C=C\CCCCCCCCC. The summed E-state index contributed by atoms with van der Waals surface area (Å²) < 4.78 is 16.8. The molecule has 0 aliphatic heterocycles. The summed E-state index contributed by atoms with van der Waals surface area (Å²) >= 11 is 0. The Bertz CT molecular complexity index is 1180. The average Bonchev–Trinajstić information content (AvgIpc) is 3.30. The second-order valence-electron chi connectivity index (χ2n) is 18.5. The number of hydrogen-bond acceptors (Lipinski definition) is 6. The number of hydrogen-bond donors (Lipinski definition) is 0. The van der Waals surface area contributed by atoms with Crippen LogP contribution in [0.3, 0.4) is 0 Å². The molecule has 1 unspecified atom stereocenters. The van der Waals surface area contributed by atoms with E-state index in [0.29, 0.717) is 19.3 Å². The zero-order valence-electron chi connectivity index (χ0n) is 43.0. The lowest BCUT2D eigenvalue weighted by atomic mass is 10.1. The molecule has 0 aliphatic carbocycles. The zero-order valence-corrected chi connectivity index (χ0v) is 43.0. The highest BCUT2D eigenvalue weighted by Crippen LogP contribution is 2.14. The van der Waals surface area contributed by atoms with Crippen molar-refractivity contribution in [1.82, 2.24) is 0 Å². The average molecular weight is 909 g/mol. The van der Waals surface area contributed by atoms with Crippen molar-refractivity contribution >= 4 is 17.9 Å². The zero-order chi connectivity index (χ0) is 47.2. The second-order valence-corrected chi connectivity index (χ2v) is 18.5. The van der Waals surface area contributed by atoms with Gasteiger partial charge in [0.15, 0.2) is 6.10 Å². The molecule has 0 amide bonds. The Morgan fingerprint density at radius 3 is 0.954 bits per heavy atom. The lowest BCUT2D eigenvalue weighted by molar-refractivity contribution is -0.167. The van der Waals surface area contributed by atoms with Crippen LogP contribution in [0.15, 0.2) is 60.8 Å². The van der Waals surface area contributed by atoms with Gasteiger partial charge in [0.1, 0.15) is 13.2 Å². The molecule has 0 rings (SSSR count). The number of ether oxygens (including phenoxy) is 3. The number of esters is 3. The van der Waals surface area contributed by atoms with Gasteiger partial charge in [0.05, 0.1) is 0 Å². The van der Waals surface area contributed by atoms with Crippen LogP contribution in [0.2, 0.25) is 0 Å². The van der Waals surface area contributed by atoms with Crippen molar-refractivity contribution in [3.05, 3.63) is 60.8 Å². The molecular weight excluding hydrogens is 805 g/mol. The van der Waals surface area contributed by atoms with Crippen molar-refractivity contribution < 1.29 is 28.6 Å². The molecule has 65 heavy (non-hydrogen) atoms. The minimum Gasteiger partial charge on any atom is -0.462 e. The van der Waals surface area contributed by atoms with Crippen molar-refractivity contribution in [2.24, 2.45) is 0 Å². The maximum atomic E-state index is 12.8. The van der Waals surface area contributed by atoms with Gasteiger partial charge in [-0.2, -0.15) is 0 Å². The summed E-state index contributed by atoms with van der Waals surface area (Å²) in [6, 6.07) is 0. The molecular formula is C59H104O6. The standard InChI is InChI=1S/C59H104O6/c1-4-7-10-13-16-19-22-25-28-30-32-34-37-40-43-46-49-52-58(61)64-55-56(54-63-57(60)51-48-45-42-39-36-33-27-24-21-18-15-12-9-6-3)65-59(62)53-50-47-44-41-38-35-31-29-26-23-20-17-14-11-8-5-2/h25,28-29,31-34,36,40,43,56H,4-24,26-27,30,35,37-39,41-42,44-55H2,1-3H3/b28-25-,31-29-,34-32-,36-33-,43-40-. The first kappa shape index (κ1) is 62.1. The molecule has 0 aromatic rings. The number of carbonyl (C=O) groups excluding carboxylic acids is 3. The van der Waals surface area contributed by atoms with E-state index in [0.717, 1.165) is 83.5 Å². The molecule has 6 heteroatoms. The van der Waals surface area contributed by atoms with Crippen LogP contribution in [0, 0.1) is 0 Å². The Morgan fingerprint density at radius 2 is 0.569 bits per heavy atom. The fourth-order valence-electron chi connectivity index (χ4n) is 7.74. The molecule has 0 N–H and O–H groups in total. The van der Waals surface area contributed by atoms with Crippen LogP contribution < -0.4 is 0 Å². The van der Waals surface area contributed by atoms with Gasteiger partial charge in [-0.15, -0.1) is 0 Å². The Hall–Kier alpha value is -2.89. The number of unbranched alkanes of at least 4 members (excludes halogenated alkanes) is 29. The third-order valence-corrected chi connectivity index (χ3v) is 12.0. The fourth-order valence-corrected chi connectivity index (χ4v) is 7.74. The minimum absolute atomic E-state index is 0.100. The second kappa shape index (κ2) is 53.7. The van der Waals surface area contributed by atoms with E-state index in [9.17, 15) is 14.4 Å². The molecule has 1 atom stereocenters. The third-order valence-electron chi connectivity index (χ3n) is 12.0.